The summed E-state index contributed by atoms with van der Waals surface area (Å²) in [6.45, 7) is 4.38. The van der Waals surface area contributed by atoms with E-state index in [1.807, 2.05) is 19.1 Å². The van der Waals surface area contributed by atoms with Gasteiger partial charge in [0.25, 0.3) is 0 Å². The van der Waals surface area contributed by atoms with Crippen LogP contribution in [-0.2, 0) is 4.74 Å². The molecule has 1 aromatic carbocycles. The Morgan fingerprint density at radius 2 is 2.05 bits per heavy atom. The number of carbonyl (C=O) groups is 1. The highest BCUT2D eigenvalue weighted by molar-refractivity contribution is 6.00. The molecule has 1 heterocycles. The van der Waals surface area contributed by atoms with E-state index >= 15 is 0 Å². The molecule has 0 aliphatic carbocycles. The van der Waals surface area contributed by atoms with E-state index in [0.717, 1.165) is 10.9 Å². The SMILES string of the molecule is CCOC(=O)c1cnc2ccc(OC)cc2c1OCC. The molecular formula is C15H17NO4. The van der Waals surface area contributed by atoms with Crippen LogP contribution < -0.4 is 9.47 Å². The molecule has 5 nitrogen and oxygen atoms in total. The van der Waals surface area contributed by atoms with E-state index in [0.29, 0.717) is 30.3 Å². The summed E-state index contributed by atoms with van der Waals surface area (Å²) in [5, 5.41) is 0.733. The zero-order chi connectivity index (χ0) is 14.5. The molecule has 1 aromatic heterocycles. The maximum atomic E-state index is 12.0. The highest BCUT2D eigenvalue weighted by Gasteiger charge is 2.18. The van der Waals surface area contributed by atoms with E-state index in [-0.39, 0.29) is 0 Å². The van der Waals surface area contributed by atoms with Crippen molar-refractivity contribution in [1.29, 1.82) is 0 Å². The third kappa shape index (κ3) is 2.66. The molecule has 20 heavy (non-hydrogen) atoms. The van der Waals surface area contributed by atoms with Crippen molar-refractivity contribution in [2.45, 2.75) is 13.8 Å². The zero-order valence-electron chi connectivity index (χ0n) is 11.8. The van der Waals surface area contributed by atoms with Crippen molar-refractivity contribution in [3.63, 3.8) is 0 Å². The van der Waals surface area contributed by atoms with Crippen molar-refractivity contribution in [3.8, 4) is 11.5 Å². The average Bonchev–Trinajstić information content (AvgIpc) is 2.47. The van der Waals surface area contributed by atoms with Crippen LogP contribution in [0.4, 0.5) is 0 Å². The molecule has 0 saturated carbocycles. The van der Waals surface area contributed by atoms with E-state index in [1.54, 1.807) is 20.1 Å². The second kappa shape index (κ2) is 6.23. The molecule has 0 saturated heterocycles. The maximum Gasteiger partial charge on any atom is 0.343 e. The summed E-state index contributed by atoms with van der Waals surface area (Å²) in [7, 11) is 1.59. The number of pyridine rings is 1. The molecule has 0 aliphatic rings. The summed E-state index contributed by atoms with van der Waals surface area (Å²) in [5.74, 6) is 0.726. The minimum absolute atomic E-state index is 0.306. The van der Waals surface area contributed by atoms with Gasteiger partial charge in [0.05, 0.1) is 25.8 Å². The Bertz CT molecular complexity index is 625. The van der Waals surface area contributed by atoms with Gasteiger partial charge in [-0.15, -0.1) is 0 Å². The van der Waals surface area contributed by atoms with Gasteiger partial charge in [0.15, 0.2) is 0 Å². The number of rotatable bonds is 5. The molecule has 0 aliphatic heterocycles. The normalized spacial score (nSPS) is 10.3. The summed E-state index contributed by atoms with van der Waals surface area (Å²) < 4.78 is 15.9. The Balaban J connectivity index is 2.63. The van der Waals surface area contributed by atoms with Crippen molar-refractivity contribution >= 4 is 16.9 Å². The van der Waals surface area contributed by atoms with Gasteiger partial charge in [-0.1, -0.05) is 0 Å². The lowest BCUT2D eigenvalue weighted by molar-refractivity contribution is 0.0522. The third-order valence-electron chi connectivity index (χ3n) is 2.81. The predicted octanol–water partition coefficient (Wildman–Crippen LogP) is 2.82. The third-order valence-corrected chi connectivity index (χ3v) is 2.81. The van der Waals surface area contributed by atoms with Crippen molar-refractivity contribution in [2.24, 2.45) is 0 Å². The van der Waals surface area contributed by atoms with Crippen molar-refractivity contribution in [2.75, 3.05) is 20.3 Å². The highest BCUT2D eigenvalue weighted by atomic mass is 16.5. The van der Waals surface area contributed by atoms with Crippen LogP contribution >= 0.6 is 0 Å². The predicted molar refractivity (Wildman–Crippen MR) is 75.4 cm³/mol. The average molecular weight is 275 g/mol. The summed E-state index contributed by atoms with van der Waals surface area (Å²) in [6, 6.07) is 5.44. The van der Waals surface area contributed by atoms with Gasteiger partial charge < -0.3 is 14.2 Å². The molecule has 5 heteroatoms. The molecule has 2 rings (SSSR count). The molecule has 2 aromatic rings. The van der Waals surface area contributed by atoms with Gasteiger partial charge in [-0.05, 0) is 32.0 Å². The zero-order valence-corrected chi connectivity index (χ0v) is 11.8. The first kappa shape index (κ1) is 14.1. The fourth-order valence-corrected chi connectivity index (χ4v) is 1.93. The summed E-state index contributed by atoms with van der Waals surface area (Å²) in [4.78, 5) is 16.2. The molecule has 0 N–H and O–H groups in total. The summed E-state index contributed by atoms with van der Waals surface area (Å²) >= 11 is 0. The largest absolute Gasteiger partial charge is 0.497 e. The van der Waals surface area contributed by atoms with Crippen LogP contribution in [0.5, 0.6) is 11.5 Å². The number of hydrogen-bond donors (Lipinski definition) is 0. The smallest absolute Gasteiger partial charge is 0.343 e. The van der Waals surface area contributed by atoms with Gasteiger partial charge in [0, 0.05) is 11.6 Å². The second-order valence-electron chi connectivity index (χ2n) is 4.04. The van der Waals surface area contributed by atoms with Crippen molar-refractivity contribution < 1.29 is 19.0 Å². The topological polar surface area (TPSA) is 57.7 Å². The molecule has 0 unspecified atom stereocenters. The molecule has 106 valence electrons. The number of carbonyl (C=O) groups excluding carboxylic acids is 1. The highest BCUT2D eigenvalue weighted by Crippen LogP contribution is 2.31. The molecular weight excluding hydrogens is 258 g/mol. The van der Waals surface area contributed by atoms with Crippen LogP contribution in [0.15, 0.2) is 24.4 Å². The first-order chi connectivity index (χ1) is 9.71. The van der Waals surface area contributed by atoms with Gasteiger partial charge >= 0.3 is 5.97 Å². The van der Waals surface area contributed by atoms with E-state index in [4.69, 9.17) is 14.2 Å². The molecule has 0 amide bonds. The first-order valence-corrected chi connectivity index (χ1v) is 6.47. The van der Waals surface area contributed by atoms with Crippen molar-refractivity contribution in [3.05, 3.63) is 30.0 Å². The number of hydrogen-bond acceptors (Lipinski definition) is 5. The first-order valence-electron chi connectivity index (χ1n) is 6.47. The number of aromatic nitrogens is 1. The van der Waals surface area contributed by atoms with Crippen LogP contribution in [0.2, 0.25) is 0 Å². The summed E-state index contributed by atoms with van der Waals surface area (Å²) in [5.41, 5.74) is 1.07. The second-order valence-corrected chi connectivity index (χ2v) is 4.04. The van der Waals surface area contributed by atoms with Crippen LogP contribution in [0.1, 0.15) is 24.2 Å². The quantitative estimate of drug-likeness (QED) is 0.785. The van der Waals surface area contributed by atoms with E-state index in [2.05, 4.69) is 4.98 Å². The Kier molecular flexibility index (Phi) is 4.40. The van der Waals surface area contributed by atoms with Gasteiger partial charge in [0.1, 0.15) is 17.1 Å². The number of benzene rings is 1. The minimum Gasteiger partial charge on any atom is -0.497 e. The fourth-order valence-electron chi connectivity index (χ4n) is 1.93. The lowest BCUT2D eigenvalue weighted by Gasteiger charge is -2.12. The number of esters is 1. The van der Waals surface area contributed by atoms with Crippen molar-refractivity contribution in [1.82, 2.24) is 4.98 Å². The van der Waals surface area contributed by atoms with E-state index < -0.39 is 5.97 Å². The molecule has 0 radical (unpaired) electrons. The standard InChI is InChI=1S/C15H17NO4/c1-4-19-14-11-8-10(18-3)6-7-13(11)16-9-12(14)15(17)20-5-2/h6-9H,4-5H2,1-3H3. The van der Waals surface area contributed by atoms with Gasteiger partial charge in [-0.2, -0.15) is 0 Å². The fraction of sp³-hybridized carbons (Fsp3) is 0.333. The van der Waals surface area contributed by atoms with Gasteiger partial charge in [-0.25, -0.2) is 4.79 Å². The van der Waals surface area contributed by atoms with Crippen LogP contribution in [-0.4, -0.2) is 31.3 Å². The molecule has 0 atom stereocenters. The van der Waals surface area contributed by atoms with Gasteiger partial charge in [-0.3, -0.25) is 4.98 Å². The Hall–Kier alpha value is -2.30. The lowest BCUT2D eigenvalue weighted by Crippen LogP contribution is -2.09. The number of methoxy groups -OCH3 is 1. The Labute approximate surface area is 117 Å². The minimum atomic E-state index is -0.437. The van der Waals surface area contributed by atoms with E-state index in [9.17, 15) is 4.79 Å². The lowest BCUT2D eigenvalue weighted by atomic mass is 10.1. The number of ether oxygens (including phenoxy) is 3. The van der Waals surface area contributed by atoms with Crippen LogP contribution in [0.3, 0.4) is 0 Å². The van der Waals surface area contributed by atoms with E-state index in [1.165, 1.54) is 6.20 Å². The molecule has 0 bridgehead atoms. The maximum absolute atomic E-state index is 12.0. The summed E-state index contributed by atoms with van der Waals surface area (Å²) in [6.07, 6.45) is 1.48. The van der Waals surface area contributed by atoms with Crippen LogP contribution in [0.25, 0.3) is 10.9 Å². The Morgan fingerprint density at radius 1 is 1.25 bits per heavy atom. The number of nitrogens with zero attached hydrogens (tertiary/aromatic N) is 1. The number of fused-ring (bicyclic) bond motifs is 1. The molecule has 0 spiro atoms. The Morgan fingerprint density at radius 3 is 2.70 bits per heavy atom. The molecule has 0 fully saturated rings. The van der Waals surface area contributed by atoms with Gasteiger partial charge in [0.2, 0.25) is 0 Å². The monoisotopic (exact) mass is 275 g/mol. The van der Waals surface area contributed by atoms with Crippen LogP contribution in [0, 0.1) is 0 Å².